The van der Waals surface area contributed by atoms with E-state index in [4.69, 9.17) is 4.74 Å². The number of pyridine rings is 1. The fraction of sp³-hybridized carbons (Fsp3) is 0.217. The van der Waals surface area contributed by atoms with E-state index in [9.17, 15) is 4.79 Å². The average Bonchev–Trinajstić information content (AvgIpc) is 3.00. The maximum atomic E-state index is 13.1. The number of ether oxygens (including phenoxy) is 1. The lowest BCUT2D eigenvalue weighted by Gasteiger charge is -2.27. The molecule has 0 bridgehead atoms. The zero-order chi connectivity index (χ0) is 19.5. The molecular formula is C23H23N3O2. The Morgan fingerprint density at radius 2 is 1.89 bits per heavy atom. The standard InChI is InChI=1S/C23H23N3O2/c1-3-16-6-4-7-18(14-16)25-22-21-20(8-5-13-24-21)23(27)26(22)15-17-9-11-19(28-2)12-10-17/h4-14,22,25H,3,15H2,1-2H3/t22-/m0/s1. The van der Waals surface area contributed by atoms with Gasteiger partial charge in [-0.3, -0.25) is 9.78 Å². The Kier molecular flexibility index (Phi) is 4.98. The summed E-state index contributed by atoms with van der Waals surface area (Å²) in [6, 6.07) is 19.7. The van der Waals surface area contributed by atoms with E-state index in [1.54, 1.807) is 13.3 Å². The van der Waals surface area contributed by atoms with Crippen molar-refractivity contribution in [2.45, 2.75) is 26.1 Å². The molecule has 1 atom stereocenters. The maximum Gasteiger partial charge on any atom is 0.258 e. The molecule has 142 valence electrons. The van der Waals surface area contributed by atoms with E-state index < -0.39 is 0 Å². The quantitative estimate of drug-likeness (QED) is 0.695. The highest BCUT2D eigenvalue weighted by atomic mass is 16.5. The van der Waals surface area contributed by atoms with Gasteiger partial charge in [0.2, 0.25) is 0 Å². The Morgan fingerprint density at radius 3 is 2.64 bits per heavy atom. The molecule has 2 heterocycles. The lowest BCUT2D eigenvalue weighted by atomic mass is 10.1. The average molecular weight is 373 g/mol. The summed E-state index contributed by atoms with van der Waals surface area (Å²) in [6.07, 6.45) is 2.39. The number of carbonyl (C=O) groups is 1. The number of amides is 1. The molecule has 0 spiro atoms. The van der Waals surface area contributed by atoms with Gasteiger partial charge in [-0.05, 0) is 53.9 Å². The summed E-state index contributed by atoms with van der Waals surface area (Å²) in [7, 11) is 1.64. The number of anilines is 1. The molecule has 4 rings (SSSR count). The van der Waals surface area contributed by atoms with Gasteiger partial charge >= 0.3 is 0 Å². The van der Waals surface area contributed by atoms with E-state index in [-0.39, 0.29) is 12.1 Å². The third-order valence-corrected chi connectivity index (χ3v) is 5.05. The van der Waals surface area contributed by atoms with E-state index >= 15 is 0 Å². The Hall–Kier alpha value is -3.34. The van der Waals surface area contributed by atoms with Gasteiger partial charge in [0.15, 0.2) is 0 Å². The molecule has 2 aromatic carbocycles. The minimum atomic E-state index is -0.307. The van der Waals surface area contributed by atoms with Crippen LogP contribution in [-0.2, 0) is 13.0 Å². The molecule has 1 amide bonds. The number of benzene rings is 2. The number of hydrogen-bond donors (Lipinski definition) is 1. The van der Waals surface area contributed by atoms with E-state index in [2.05, 4.69) is 29.4 Å². The number of hydrogen-bond acceptors (Lipinski definition) is 4. The van der Waals surface area contributed by atoms with Gasteiger partial charge in [0.05, 0.1) is 18.4 Å². The van der Waals surface area contributed by atoms with Crippen LogP contribution in [-0.4, -0.2) is 22.9 Å². The molecule has 1 aliphatic heterocycles. The number of fused-ring (bicyclic) bond motifs is 1. The molecule has 0 saturated carbocycles. The van der Waals surface area contributed by atoms with Crippen LogP contribution in [0.25, 0.3) is 0 Å². The van der Waals surface area contributed by atoms with Crippen molar-refractivity contribution in [1.82, 2.24) is 9.88 Å². The number of rotatable bonds is 6. The summed E-state index contributed by atoms with van der Waals surface area (Å²) in [5.74, 6) is 0.788. The van der Waals surface area contributed by atoms with E-state index in [0.29, 0.717) is 12.1 Å². The predicted octanol–water partition coefficient (Wildman–Crippen LogP) is 4.42. The van der Waals surface area contributed by atoms with Gasteiger partial charge in [0.1, 0.15) is 11.9 Å². The van der Waals surface area contributed by atoms with Crippen LogP contribution < -0.4 is 10.1 Å². The highest BCUT2D eigenvalue weighted by molar-refractivity contribution is 5.98. The molecule has 1 aliphatic rings. The Labute approximate surface area is 165 Å². The zero-order valence-corrected chi connectivity index (χ0v) is 16.1. The van der Waals surface area contributed by atoms with Crippen molar-refractivity contribution >= 4 is 11.6 Å². The Balaban J connectivity index is 1.65. The first-order valence-electron chi connectivity index (χ1n) is 9.44. The predicted molar refractivity (Wildman–Crippen MR) is 109 cm³/mol. The minimum absolute atomic E-state index is 0.0111. The Morgan fingerprint density at radius 1 is 1.07 bits per heavy atom. The number of nitrogens with one attached hydrogen (secondary N) is 1. The van der Waals surface area contributed by atoms with Crippen molar-refractivity contribution in [1.29, 1.82) is 0 Å². The first-order chi connectivity index (χ1) is 13.7. The monoisotopic (exact) mass is 373 g/mol. The van der Waals surface area contributed by atoms with Gasteiger partial charge in [0, 0.05) is 18.4 Å². The minimum Gasteiger partial charge on any atom is -0.497 e. The summed E-state index contributed by atoms with van der Waals surface area (Å²) in [6.45, 7) is 2.62. The van der Waals surface area contributed by atoms with Crippen molar-refractivity contribution in [2.75, 3.05) is 12.4 Å². The fourth-order valence-electron chi connectivity index (χ4n) is 3.51. The number of nitrogens with zero attached hydrogens (tertiary/aromatic N) is 2. The molecule has 1 aromatic heterocycles. The van der Waals surface area contributed by atoms with Gasteiger partial charge in [-0.2, -0.15) is 0 Å². The molecule has 0 fully saturated rings. The highest BCUT2D eigenvalue weighted by Gasteiger charge is 2.37. The second kappa shape index (κ2) is 7.72. The third-order valence-electron chi connectivity index (χ3n) is 5.05. The van der Waals surface area contributed by atoms with Crippen LogP contribution in [0.2, 0.25) is 0 Å². The van der Waals surface area contributed by atoms with Crippen LogP contribution in [0.1, 0.15) is 40.3 Å². The molecule has 28 heavy (non-hydrogen) atoms. The largest absolute Gasteiger partial charge is 0.497 e. The van der Waals surface area contributed by atoms with Gasteiger partial charge in [0.25, 0.3) is 5.91 Å². The van der Waals surface area contributed by atoms with E-state index in [1.807, 2.05) is 53.4 Å². The SMILES string of the molecule is CCc1cccc(N[C@@H]2c3ncccc3C(=O)N2Cc2ccc(OC)cc2)c1. The van der Waals surface area contributed by atoms with Crippen LogP contribution >= 0.6 is 0 Å². The molecule has 5 nitrogen and oxygen atoms in total. The fourth-order valence-corrected chi connectivity index (χ4v) is 3.51. The second-order valence-electron chi connectivity index (χ2n) is 6.82. The smallest absolute Gasteiger partial charge is 0.258 e. The van der Waals surface area contributed by atoms with Crippen LogP contribution in [0.15, 0.2) is 66.9 Å². The molecule has 0 unspecified atom stereocenters. The number of carbonyl (C=O) groups excluding carboxylic acids is 1. The second-order valence-corrected chi connectivity index (χ2v) is 6.82. The summed E-state index contributed by atoms with van der Waals surface area (Å²) < 4.78 is 5.23. The molecule has 0 radical (unpaired) electrons. The van der Waals surface area contributed by atoms with Gasteiger partial charge in [-0.1, -0.05) is 31.2 Å². The van der Waals surface area contributed by atoms with Crippen LogP contribution in [0.3, 0.4) is 0 Å². The van der Waals surface area contributed by atoms with Crippen LogP contribution in [0, 0.1) is 0 Å². The van der Waals surface area contributed by atoms with Gasteiger partial charge in [-0.25, -0.2) is 0 Å². The van der Waals surface area contributed by atoms with Crippen LogP contribution in [0.4, 0.5) is 5.69 Å². The summed E-state index contributed by atoms with van der Waals surface area (Å²) >= 11 is 0. The maximum absolute atomic E-state index is 13.1. The highest BCUT2D eigenvalue weighted by Crippen LogP contribution is 2.34. The summed E-state index contributed by atoms with van der Waals surface area (Å²) in [5.41, 5.74) is 4.69. The molecular weight excluding hydrogens is 350 g/mol. The Bertz CT molecular complexity index is 985. The number of aryl methyl sites for hydroxylation is 1. The third kappa shape index (κ3) is 3.43. The lowest BCUT2D eigenvalue weighted by molar-refractivity contribution is 0.0728. The first kappa shape index (κ1) is 18.0. The molecule has 5 heteroatoms. The zero-order valence-electron chi connectivity index (χ0n) is 16.1. The van der Waals surface area contributed by atoms with Crippen molar-refractivity contribution in [2.24, 2.45) is 0 Å². The molecule has 0 saturated heterocycles. The lowest BCUT2D eigenvalue weighted by Crippen LogP contribution is -2.32. The van der Waals surface area contributed by atoms with Crippen molar-refractivity contribution < 1.29 is 9.53 Å². The van der Waals surface area contributed by atoms with Crippen molar-refractivity contribution in [3.63, 3.8) is 0 Å². The molecule has 0 aliphatic carbocycles. The normalized spacial score (nSPS) is 15.4. The van der Waals surface area contributed by atoms with E-state index in [1.165, 1.54) is 5.56 Å². The summed E-state index contributed by atoms with van der Waals surface area (Å²) in [5, 5.41) is 3.51. The summed E-state index contributed by atoms with van der Waals surface area (Å²) in [4.78, 5) is 19.4. The molecule has 3 aromatic rings. The van der Waals surface area contributed by atoms with Crippen molar-refractivity contribution in [3.05, 3.63) is 89.2 Å². The number of methoxy groups -OCH3 is 1. The molecule has 1 N–H and O–H groups in total. The van der Waals surface area contributed by atoms with Crippen molar-refractivity contribution in [3.8, 4) is 5.75 Å². The topological polar surface area (TPSA) is 54.5 Å². The van der Waals surface area contributed by atoms with Crippen LogP contribution in [0.5, 0.6) is 5.75 Å². The van der Waals surface area contributed by atoms with Gasteiger partial charge in [-0.15, -0.1) is 0 Å². The number of aromatic nitrogens is 1. The van der Waals surface area contributed by atoms with E-state index in [0.717, 1.165) is 29.1 Å². The first-order valence-corrected chi connectivity index (χ1v) is 9.44. The van der Waals surface area contributed by atoms with Gasteiger partial charge < -0.3 is 15.0 Å².